The van der Waals surface area contributed by atoms with Crippen LogP contribution in [0.3, 0.4) is 0 Å². The monoisotopic (exact) mass is 709 g/mol. The second-order valence-electron chi connectivity index (χ2n) is 11.6. The van der Waals surface area contributed by atoms with Gasteiger partial charge in [-0.25, -0.2) is 9.59 Å². The third kappa shape index (κ3) is 7.59. The van der Waals surface area contributed by atoms with Gasteiger partial charge in [-0.15, -0.1) is 0 Å². The van der Waals surface area contributed by atoms with Gasteiger partial charge in [0.2, 0.25) is 5.91 Å². The van der Waals surface area contributed by atoms with Crippen molar-refractivity contribution >= 4 is 57.4 Å². The van der Waals surface area contributed by atoms with E-state index in [9.17, 15) is 32.7 Å². The van der Waals surface area contributed by atoms with Gasteiger partial charge in [-0.1, -0.05) is 53.5 Å². The largest absolute Gasteiger partial charge is 0.478 e. The average molecular weight is 711 g/mol. The number of carbonyl (C=O) groups excluding carboxylic acids is 1. The Hall–Kier alpha value is -4.84. The summed E-state index contributed by atoms with van der Waals surface area (Å²) >= 11 is 12.5. The SMILES string of the molecule is O=C(Cc1c(-c2cccc(C(=O)O)c2)c2cc(CN3CCN(c4ccccc4)CC3)c(Cl)cc2oc1=O)Nc1ccc(Cl)cc1C(F)(F)F. The number of carboxylic acid groups (broad SMARTS) is 1. The first-order valence-corrected chi connectivity index (χ1v) is 15.9. The highest BCUT2D eigenvalue weighted by Crippen LogP contribution is 2.38. The molecule has 8 nitrogen and oxygen atoms in total. The van der Waals surface area contributed by atoms with Crippen molar-refractivity contribution in [2.45, 2.75) is 19.1 Å². The molecule has 1 fully saturated rings. The van der Waals surface area contributed by atoms with E-state index in [0.29, 0.717) is 34.1 Å². The Kier molecular flexibility index (Phi) is 9.69. The molecular weight excluding hydrogens is 682 g/mol. The fourth-order valence-electron chi connectivity index (χ4n) is 5.98. The minimum atomic E-state index is -4.82. The van der Waals surface area contributed by atoms with Gasteiger partial charge in [0.25, 0.3) is 0 Å². The van der Waals surface area contributed by atoms with Gasteiger partial charge in [-0.3, -0.25) is 9.69 Å². The Morgan fingerprint density at radius 3 is 2.33 bits per heavy atom. The molecule has 5 aromatic rings. The summed E-state index contributed by atoms with van der Waals surface area (Å²) in [6.07, 6.45) is -5.49. The zero-order valence-electron chi connectivity index (χ0n) is 25.7. The molecule has 13 heteroatoms. The molecular formula is C36H28Cl2F3N3O5. The lowest BCUT2D eigenvalue weighted by Crippen LogP contribution is -2.46. The van der Waals surface area contributed by atoms with Gasteiger partial charge >= 0.3 is 17.8 Å². The lowest BCUT2D eigenvalue weighted by Gasteiger charge is -2.36. The van der Waals surface area contributed by atoms with Crippen molar-refractivity contribution in [2.24, 2.45) is 0 Å². The molecule has 0 aliphatic carbocycles. The molecule has 0 atom stereocenters. The molecule has 0 saturated carbocycles. The van der Waals surface area contributed by atoms with Crippen LogP contribution in [-0.2, 0) is 23.9 Å². The number of aromatic carboxylic acids is 1. The van der Waals surface area contributed by atoms with Crippen LogP contribution in [0.15, 0.2) is 94.1 Å². The lowest BCUT2D eigenvalue weighted by molar-refractivity contribution is -0.137. The van der Waals surface area contributed by atoms with E-state index in [1.807, 2.05) is 18.2 Å². The molecule has 2 heterocycles. The highest BCUT2D eigenvalue weighted by Gasteiger charge is 2.34. The number of amides is 1. The number of alkyl halides is 3. The van der Waals surface area contributed by atoms with Crippen LogP contribution in [0.1, 0.15) is 27.0 Å². The van der Waals surface area contributed by atoms with E-state index in [1.54, 1.807) is 12.1 Å². The number of carbonyl (C=O) groups is 2. The molecule has 2 N–H and O–H groups in total. The molecule has 1 aliphatic heterocycles. The number of benzene rings is 4. The summed E-state index contributed by atoms with van der Waals surface area (Å²) in [6.45, 7) is 3.53. The van der Waals surface area contributed by atoms with Crippen LogP contribution in [0.4, 0.5) is 24.5 Å². The fraction of sp³-hybridized carbons (Fsp3) is 0.194. The quantitative estimate of drug-likeness (QED) is 0.158. The third-order valence-corrected chi connectivity index (χ3v) is 8.94. The smallest absolute Gasteiger partial charge is 0.418 e. The van der Waals surface area contributed by atoms with Crippen molar-refractivity contribution in [3.8, 4) is 11.1 Å². The maximum absolute atomic E-state index is 13.7. The van der Waals surface area contributed by atoms with Gasteiger partial charge in [0, 0.05) is 65.5 Å². The molecule has 49 heavy (non-hydrogen) atoms. The summed E-state index contributed by atoms with van der Waals surface area (Å²) in [4.78, 5) is 43.1. The van der Waals surface area contributed by atoms with Gasteiger partial charge in [0.1, 0.15) is 5.58 Å². The number of nitrogens with one attached hydrogen (secondary N) is 1. The van der Waals surface area contributed by atoms with Crippen molar-refractivity contribution < 1.29 is 32.3 Å². The number of para-hydroxylation sites is 1. The number of anilines is 2. The average Bonchev–Trinajstić information content (AvgIpc) is 3.07. The summed E-state index contributed by atoms with van der Waals surface area (Å²) in [6, 6.07) is 22.1. The minimum Gasteiger partial charge on any atom is -0.478 e. The Morgan fingerprint density at radius 2 is 1.63 bits per heavy atom. The second kappa shape index (κ2) is 13.9. The number of rotatable bonds is 8. The second-order valence-corrected chi connectivity index (χ2v) is 12.4. The van der Waals surface area contributed by atoms with E-state index < -0.39 is 41.4 Å². The number of halogens is 5. The zero-order chi connectivity index (χ0) is 34.9. The first-order chi connectivity index (χ1) is 23.4. The molecule has 1 saturated heterocycles. The van der Waals surface area contributed by atoms with Crippen molar-refractivity contribution in [3.05, 3.63) is 128 Å². The van der Waals surface area contributed by atoms with E-state index in [4.69, 9.17) is 27.6 Å². The number of hydrogen-bond acceptors (Lipinski definition) is 6. The standard InChI is InChI=1S/C36H28Cl2F3N3O5/c37-24-9-10-30(28(17-24)36(39,40)41)42-32(45)18-27-33(21-5-4-6-22(15-21)34(46)47)26-16-23(29(38)19-31(26)49-35(27)48)20-43-11-13-44(14-12-43)25-7-2-1-3-8-25/h1-10,15-17,19H,11-14,18,20H2,(H,42,45)(H,46,47). The van der Waals surface area contributed by atoms with Gasteiger partial charge in [-0.05, 0) is 59.7 Å². The Morgan fingerprint density at radius 1 is 0.898 bits per heavy atom. The molecule has 252 valence electrons. The number of hydrogen-bond donors (Lipinski definition) is 2. The Bertz CT molecular complexity index is 2110. The summed E-state index contributed by atoms with van der Waals surface area (Å²) in [5, 5.41) is 12.5. The summed E-state index contributed by atoms with van der Waals surface area (Å²) < 4.78 is 46.8. The van der Waals surface area contributed by atoms with Crippen LogP contribution < -0.4 is 15.8 Å². The third-order valence-electron chi connectivity index (χ3n) is 8.35. The van der Waals surface area contributed by atoms with Crippen LogP contribution in [0.2, 0.25) is 10.0 Å². The Balaban J connectivity index is 1.38. The molecule has 0 unspecified atom stereocenters. The van der Waals surface area contributed by atoms with Crippen LogP contribution in [0.25, 0.3) is 22.1 Å². The van der Waals surface area contributed by atoms with Crippen molar-refractivity contribution in [2.75, 3.05) is 36.4 Å². The van der Waals surface area contributed by atoms with Gasteiger partial charge in [-0.2, -0.15) is 13.2 Å². The molecule has 4 aromatic carbocycles. The van der Waals surface area contributed by atoms with Crippen LogP contribution in [0.5, 0.6) is 0 Å². The maximum atomic E-state index is 13.7. The Labute approximate surface area is 288 Å². The van der Waals surface area contributed by atoms with Crippen molar-refractivity contribution in [1.82, 2.24) is 4.90 Å². The molecule has 6 rings (SSSR count). The molecule has 1 amide bonds. The van der Waals surface area contributed by atoms with E-state index in [1.165, 1.54) is 30.3 Å². The van der Waals surface area contributed by atoms with E-state index in [2.05, 4.69) is 27.2 Å². The summed E-state index contributed by atoms with van der Waals surface area (Å²) in [5.41, 5.74) is -0.405. The maximum Gasteiger partial charge on any atom is 0.418 e. The number of piperazine rings is 1. The van der Waals surface area contributed by atoms with Crippen LogP contribution in [-0.4, -0.2) is 48.1 Å². The van der Waals surface area contributed by atoms with Crippen molar-refractivity contribution in [1.29, 1.82) is 0 Å². The molecule has 0 radical (unpaired) electrons. The zero-order valence-corrected chi connectivity index (χ0v) is 27.2. The summed E-state index contributed by atoms with van der Waals surface area (Å²) in [7, 11) is 0. The minimum absolute atomic E-state index is 0.0734. The van der Waals surface area contributed by atoms with E-state index in [-0.39, 0.29) is 27.3 Å². The first-order valence-electron chi connectivity index (χ1n) is 15.2. The number of nitrogens with zero attached hydrogens (tertiary/aromatic N) is 2. The lowest BCUT2D eigenvalue weighted by atomic mass is 9.93. The van der Waals surface area contributed by atoms with E-state index >= 15 is 0 Å². The van der Waals surface area contributed by atoms with Gasteiger partial charge in [0.15, 0.2) is 0 Å². The molecule has 0 spiro atoms. The van der Waals surface area contributed by atoms with Crippen LogP contribution in [0, 0.1) is 0 Å². The molecule has 1 aliphatic rings. The number of carboxylic acids is 1. The predicted octanol–water partition coefficient (Wildman–Crippen LogP) is 7.99. The van der Waals surface area contributed by atoms with E-state index in [0.717, 1.165) is 37.9 Å². The predicted molar refractivity (Wildman–Crippen MR) is 183 cm³/mol. The highest BCUT2D eigenvalue weighted by molar-refractivity contribution is 6.32. The van der Waals surface area contributed by atoms with Crippen molar-refractivity contribution in [3.63, 3.8) is 0 Å². The topological polar surface area (TPSA) is 103 Å². The summed E-state index contributed by atoms with van der Waals surface area (Å²) in [5.74, 6) is -2.14. The fourth-order valence-corrected chi connectivity index (χ4v) is 6.37. The van der Waals surface area contributed by atoms with Gasteiger partial charge in [0.05, 0.1) is 28.8 Å². The highest BCUT2D eigenvalue weighted by atomic mass is 35.5. The first kappa shape index (κ1) is 34.0. The molecule has 1 aromatic heterocycles. The normalized spacial score (nSPS) is 13.9. The molecule has 0 bridgehead atoms. The van der Waals surface area contributed by atoms with Crippen LogP contribution >= 0.6 is 23.2 Å². The van der Waals surface area contributed by atoms with Gasteiger partial charge < -0.3 is 19.7 Å². The number of fused-ring (bicyclic) bond motifs is 1.